The third-order valence-electron chi connectivity index (χ3n) is 5.42. The molecule has 2 heterocycles. The van der Waals surface area contributed by atoms with Gasteiger partial charge < -0.3 is 4.90 Å². The molecule has 0 aliphatic carbocycles. The van der Waals surface area contributed by atoms with E-state index in [9.17, 15) is 26.4 Å². The van der Waals surface area contributed by atoms with E-state index in [0.29, 0.717) is 37.3 Å². The van der Waals surface area contributed by atoms with Crippen LogP contribution in [0.4, 0.5) is 19.0 Å². The summed E-state index contributed by atoms with van der Waals surface area (Å²) in [6.07, 6.45) is -1.69. The van der Waals surface area contributed by atoms with Crippen LogP contribution < -0.4 is 10.0 Å². The maximum absolute atomic E-state index is 13.1. The highest BCUT2D eigenvalue weighted by atomic mass is 32.2. The van der Waals surface area contributed by atoms with Crippen LogP contribution in [0.2, 0.25) is 0 Å². The van der Waals surface area contributed by atoms with Crippen molar-refractivity contribution in [1.82, 2.24) is 4.98 Å². The maximum Gasteiger partial charge on any atom is 0.433 e. The van der Waals surface area contributed by atoms with E-state index in [-0.39, 0.29) is 24.4 Å². The van der Waals surface area contributed by atoms with E-state index in [0.717, 1.165) is 30.0 Å². The van der Waals surface area contributed by atoms with E-state index in [2.05, 4.69) is 4.98 Å². The number of hydrogen-bond donors (Lipinski definition) is 1. The summed E-state index contributed by atoms with van der Waals surface area (Å²) in [5.41, 5.74) is 1.32. The number of aromatic nitrogens is 1. The molecule has 3 rings (SSSR count). The van der Waals surface area contributed by atoms with Crippen LogP contribution in [0.3, 0.4) is 0 Å². The first-order valence-corrected chi connectivity index (χ1v) is 12.1. The minimum atomic E-state index is -4.51. The third-order valence-corrected chi connectivity index (χ3v) is 6.20. The lowest BCUT2D eigenvalue weighted by Crippen LogP contribution is -2.23. The van der Waals surface area contributed by atoms with Crippen molar-refractivity contribution >= 4 is 21.6 Å². The van der Waals surface area contributed by atoms with Crippen LogP contribution in [-0.2, 0) is 40.3 Å². The van der Waals surface area contributed by atoms with Crippen LogP contribution in [-0.4, -0.2) is 38.0 Å². The van der Waals surface area contributed by atoms with Crippen LogP contribution in [0, 0.1) is 0 Å². The van der Waals surface area contributed by atoms with Gasteiger partial charge in [0.15, 0.2) is 0 Å². The van der Waals surface area contributed by atoms with Crippen molar-refractivity contribution in [3.8, 4) is 0 Å². The molecule has 1 aromatic heterocycles. The number of nitrogens with two attached hydrogens (primary N) is 1. The fourth-order valence-corrected chi connectivity index (χ4v) is 4.23. The Kier molecular flexibility index (Phi) is 7.55. The molecule has 0 unspecified atom stereocenters. The molecule has 1 aliphatic heterocycles. The molecule has 174 valence electrons. The van der Waals surface area contributed by atoms with Gasteiger partial charge in [0.1, 0.15) is 17.3 Å². The third kappa shape index (κ3) is 7.03. The molecule has 2 aromatic rings. The molecule has 0 bridgehead atoms. The quantitative estimate of drug-likeness (QED) is 0.608. The Labute approximate surface area is 185 Å². The number of primary sulfonamides is 1. The molecule has 0 saturated carbocycles. The van der Waals surface area contributed by atoms with Crippen molar-refractivity contribution in [2.24, 2.45) is 5.14 Å². The Bertz CT molecular complexity index is 1050. The minimum Gasteiger partial charge on any atom is -0.356 e. The average Bonchev–Trinajstić information content (AvgIpc) is 3.25. The van der Waals surface area contributed by atoms with Gasteiger partial charge in [0.2, 0.25) is 10.0 Å². The number of anilines is 1. The summed E-state index contributed by atoms with van der Waals surface area (Å²) in [5, 5.41) is 5.00. The zero-order chi connectivity index (χ0) is 23.4. The number of benzene rings is 1. The zero-order valence-electron chi connectivity index (χ0n) is 17.6. The van der Waals surface area contributed by atoms with Crippen molar-refractivity contribution in [2.45, 2.75) is 44.7 Å². The number of carbonyl (C=O) groups excluding carboxylic acids is 1. The molecular formula is C22H26F3N3O3S. The number of pyridine rings is 1. The Morgan fingerprint density at radius 2 is 1.62 bits per heavy atom. The van der Waals surface area contributed by atoms with E-state index < -0.39 is 21.9 Å². The van der Waals surface area contributed by atoms with Gasteiger partial charge in [0, 0.05) is 25.9 Å². The van der Waals surface area contributed by atoms with Crippen molar-refractivity contribution in [2.75, 3.05) is 23.7 Å². The van der Waals surface area contributed by atoms with Crippen LogP contribution in [0.25, 0.3) is 0 Å². The summed E-state index contributed by atoms with van der Waals surface area (Å²) >= 11 is 0. The zero-order valence-corrected chi connectivity index (χ0v) is 18.4. The van der Waals surface area contributed by atoms with Gasteiger partial charge in [-0.3, -0.25) is 4.79 Å². The number of sulfonamides is 1. The Morgan fingerprint density at radius 3 is 2.22 bits per heavy atom. The number of Topliss-reactive ketones (excluding diaryl/α,β-unsaturated/α-hetero) is 1. The molecule has 0 atom stereocenters. The minimum absolute atomic E-state index is 0.0328. The Hall–Kier alpha value is -2.46. The van der Waals surface area contributed by atoms with E-state index >= 15 is 0 Å². The molecule has 1 saturated heterocycles. The molecule has 1 fully saturated rings. The number of halogens is 3. The van der Waals surface area contributed by atoms with Gasteiger partial charge in [0.25, 0.3) is 0 Å². The van der Waals surface area contributed by atoms with Gasteiger partial charge >= 0.3 is 6.18 Å². The van der Waals surface area contributed by atoms with Crippen molar-refractivity contribution < 1.29 is 26.4 Å². The summed E-state index contributed by atoms with van der Waals surface area (Å²) in [6.45, 7) is 1.32. The number of carbonyl (C=O) groups is 1. The predicted octanol–water partition coefficient (Wildman–Crippen LogP) is 3.28. The molecule has 1 aromatic carbocycles. The summed E-state index contributed by atoms with van der Waals surface area (Å²) < 4.78 is 61.4. The summed E-state index contributed by atoms with van der Waals surface area (Å²) in [4.78, 5) is 18.2. The Morgan fingerprint density at radius 1 is 1.00 bits per heavy atom. The van der Waals surface area contributed by atoms with Gasteiger partial charge in [0.05, 0.1) is 5.75 Å². The number of hydrogen-bond acceptors (Lipinski definition) is 5. The normalized spacial score (nSPS) is 14.7. The molecule has 0 amide bonds. The highest BCUT2D eigenvalue weighted by Crippen LogP contribution is 2.32. The van der Waals surface area contributed by atoms with Crippen molar-refractivity contribution in [1.29, 1.82) is 0 Å². The summed E-state index contributed by atoms with van der Waals surface area (Å²) in [7, 11) is -3.53. The van der Waals surface area contributed by atoms with Crippen LogP contribution in [0.15, 0.2) is 36.4 Å². The molecule has 32 heavy (non-hydrogen) atoms. The second kappa shape index (κ2) is 9.99. The molecule has 0 spiro atoms. The fraction of sp³-hybridized carbons (Fsp3) is 0.455. The fourth-order valence-electron chi connectivity index (χ4n) is 3.71. The lowest BCUT2D eigenvalue weighted by Gasteiger charge is -2.21. The second-order valence-corrected chi connectivity index (χ2v) is 9.75. The maximum atomic E-state index is 13.1. The number of nitrogens with zero attached hydrogens (tertiary/aromatic N) is 2. The Balaban J connectivity index is 1.61. The molecule has 6 nitrogen and oxygen atoms in total. The first-order chi connectivity index (χ1) is 15.0. The molecule has 0 radical (unpaired) electrons. The number of rotatable bonds is 9. The van der Waals surface area contributed by atoms with Gasteiger partial charge in [-0.25, -0.2) is 18.5 Å². The number of ketones is 1. The van der Waals surface area contributed by atoms with Crippen LogP contribution in [0.5, 0.6) is 0 Å². The van der Waals surface area contributed by atoms with Gasteiger partial charge in [-0.15, -0.1) is 0 Å². The molecule has 2 N–H and O–H groups in total. The number of aryl methyl sites for hydroxylation is 2. The lowest BCUT2D eigenvalue weighted by molar-refractivity contribution is -0.141. The first kappa shape index (κ1) is 24.2. The molecular weight excluding hydrogens is 443 g/mol. The van der Waals surface area contributed by atoms with E-state index in [1.807, 2.05) is 4.90 Å². The average molecular weight is 470 g/mol. The van der Waals surface area contributed by atoms with E-state index in [1.165, 1.54) is 6.07 Å². The van der Waals surface area contributed by atoms with Gasteiger partial charge in [-0.1, -0.05) is 30.3 Å². The van der Waals surface area contributed by atoms with Gasteiger partial charge in [-0.05, 0) is 48.4 Å². The first-order valence-electron chi connectivity index (χ1n) is 10.4. The monoisotopic (exact) mass is 469 g/mol. The molecule has 1 aliphatic rings. The van der Waals surface area contributed by atoms with E-state index in [1.54, 1.807) is 24.3 Å². The summed E-state index contributed by atoms with van der Waals surface area (Å²) in [6, 6.07) is 9.46. The highest BCUT2D eigenvalue weighted by Gasteiger charge is 2.34. The lowest BCUT2D eigenvalue weighted by atomic mass is 10.0. The smallest absolute Gasteiger partial charge is 0.356 e. The predicted molar refractivity (Wildman–Crippen MR) is 116 cm³/mol. The standard InChI is InChI=1S/C22H26F3N3O3S/c23-22(24,25)20-10-8-18(21(27-20)28-12-1-2-13-28)7-9-19(29)15-17-5-3-16(4-6-17)11-14-32(26,30)31/h3-6,8,10H,1-2,7,9,11-15H2,(H2,26,30,31). The highest BCUT2D eigenvalue weighted by molar-refractivity contribution is 7.89. The second-order valence-electron chi connectivity index (χ2n) is 8.02. The van der Waals surface area contributed by atoms with Crippen molar-refractivity contribution in [3.05, 3.63) is 58.8 Å². The number of alkyl halides is 3. The van der Waals surface area contributed by atoms with E-state index in [4.69, 9.17) is 5.14 Å². The van der Waals surface area contributed by atoms with Crippen molar-refractivity contribution in [3.63, 3.8) is 0 Å². The SMILES string of the molecule is NS(=O)(=O)CCc1ccc(CC(=O)CCc2ccc(C(F)(F)F)nc2N2CCCC2)cc1. The largest absolute Gasteiger partial charge is 0.433 e. The van der Waals surface area contributed by atoms with Crippen LogP contribution in [0.1, 0.15) is 41.6 Å². The molecule has 10 heteroatoms. The topological polar surface area (TPSA) is 93.4 Å². The van der Waals surface area contributed by atoms with Crippen LogP contribution >= 0.6 is 0 Å². The van der Waals surface area contributed by atoms with Gasteiger partial charge in [-0.2, -0.15) is 13.2 Å². The summed E-state index contributed by atoms with van der Waals surface area (Å²) in [5.74, 6) is 0.144.